The van der Waals surface area contributed by atoms with Crippen LogP contribution in [0, 0.1) is 0 Å². The van der Waals surface area contributed by atoms with Gasteiger partial charge in [-0.1, -0.05) is 12.1 Å². The topological polar surface area (TPSA) is 77.0 Å². The van der Waals surface area contributed by atoms with Crippen molar-refractivity contribution in [2.45, 2.75) is 13.8 Å². The number of rotatable bonds is 8. The fourth-order valence-electron chi connectivity index (χ4n) is 4.00. The van der Waals surface area contributed by atoms with Gasteiger partial charge in [0.25, 0.3) is 5.91 Å². The first-order valence-corrected chi connectivity index (χ1v) is 11.6. The van der Waals surface area contributed by atoms with Crippen LogP contribution >= 0.6 is 0 Å². The zero-order valence-electron chi connectivity index (χ0n) is 19.9. The molecule has 8 nitrogen and oxygen atoms in total. The molecule has 0 saturated carbocycles. The molecule has 3 aromatic rings. The molecule has 2 aromatic carbocycles. The predicted octanol–water partition coefficient (Wildman–Crippen LogP) is 3.91. The molecule has 8 heteroatoms. The lowest BCUT2D eigenvalue weighted by Gasteiger charge is -2.35. The second-order valence-electron chi connectivity index (χ2n) is 7.78. The molecular formula is C26H30N4O4. The van der Waals surface area contributed by atoms with Crippen LogP contribution in [-0.4, -0.2) is 67.5 Å². The van der Waals surface area contributed by atoms with Crippen molar-refractivity contribution >= 4 is 11.7 Å². The summed E-state index contributed by atoms with van der Waals surface area (Å²) in [5, 5.41) is 8.83. The molecule has 1 aromatic heterocycles. The Kier molecular flexibility index (Phi) is 7.47. The van der Waals surface area contributed by atoms with Gasteiger partial charge in [-0.25, -0.2) is 0 Å². The highest BCUT2D eigenvalue weighted by Gasteiger charge is 2.24. The van der Waals surface area contributed by atoms with Gasteiger partial charge in [-0.15, -0.1) is 10.2 Å². The first-order valence-electron chi connectivity index (χ1n) is 11.6. The van der Waals surface area contributed by atoms with Crippen LogP contribution in [0.2, 0.25) is 0 Å². The van der Waals surface area contributed by atoms with Crippen LogP contribution in [-0.2, 0) is 0 Å². The number of hydrogen-bond donors (Lipinski definition) is 0. The molecule has 34 heavy (non-hydrogen) atoms. The van der Waals surface area contributed by atoms with Crippen LogP contribution in [0.4, 0.5) is 5.82 Å². The number of aromatic nitrogens is 2. The zero-order valence-corrected chi connectivity index (χ0v) is 19.9. The average molecular weight is 463 g/mol. The lowest BCUT2D eigenvalue weighted by molar-refractivity contribution is 0.0746. The Balaban J connectivity index is 1.40. The number of nitrogens with zero attached hydrogens (tertiary/aromatic N) is 4. The number of carbonyl (C=O) groups excluding carboxylic acids is 1. The van der Waals surface area contributed by atoms with Crippen molar-refractivity contribution < 1.29 is 19.0 Å². The van der Waals surface area contributed by atoms with E-state index in [1.807, 2.05) is 55.1 Å². The van der Waals surface area contributed by atoms with Crippen molar-refractivity contribution in [3.8, 4) is 28.5 Å². The molecule has 1 saturated heterocycles. The lowest BCUT2D eigenvalue weighted by atomic mass is 10.1. The van der Waals surface area contributed by atoms with Gasteiger partial charge in [-0.05, 0) is 56.3 Å². The highest BCUT2D eigenvalue weighted by atomic mass is 16.5. The van der Waals surface area contributed by atoms with Gasteiger partial charge in [0.15, 0.2) is 17.3 Å². The van der Waals surface area contributed by atoms with Crippen LogP contribution in [0.5, 0.6) is 17.2 Å². The molecular weight excluding hydrogens is 432 g/mol. The Labute approximate surface area is 200 Å². The summed E-state index contributed by atoms with van der Waals surface area (Å²) in [4.78, 5) is 17.1. The van der Waals surface area contributed by atoms with E-state index in [-0.39, 0.29) is 5.91 Å². The van der Waals surface area contributed by atoms with Crippen molar-refractivity contribution in [3.05, 3.63) is 60.2 Å². The third kappa shape index (κ3) is 5.06. The van der Waals surface area contributed by atoms with E-state index < -0.39 is 0 Å². The van der Waals surface area contributed by atoms with Gasteiger partial charge in [-0.2, -0.15) is 0 Å². The smallest absolute Gasteiger partial charge is 0.254 e. The van der Waals surface area contributed by atoms with Crippen molar-refractivity contribution in [1.82, 2.24) is 15.1 Å². The largest absolute Gasteiger partial charge is 0.496 e. The van der Waals surface area contributed by atoms with Crippen molar-refractivity contribution in [3.63, 3.8) is 0 Å². The molecule has 178 valence electrons. The van der Waals surface area contributed by atoms with Gasteiger partial charge in [0.05, 0.1) is 26.0 Å². The second kappa shape index (κ2) is 10.9. The third-order valence-electron chi connectivity index (χ3n) is 5.71. The first-order chi connectivity index (χ1) is 16.6. The van der Waals surface area contributed by atoms with E-state index in [4.69, 9.17) is 14.2 Å². The molecule has 1 fully saturated rings. The number of carbonyl (C=O) groups is 1. The molecule has 1 aliphatic rings. The van der Waals surface area contributed by atoms with Crippen LogP contribution in [0.3, 0.4) is 0 Å². The maximum absolute atomic E-state index is 13.1. The highest BCUT2D eigenvalue weighted by Crippen LogP contribution is 2.30. The first kappa shape index (κ1) is 23.4. The number of ether oxygens (including phenoxy) is 3. The van der Waals surface area contributed by atoms with Crippen LogP contribution in [0.25, 0.3) is 11.3 Å². The fourth-order valence-corrected chi connectivity index (χ4v) is 4.00. The molecule has 4 rings (SSSR count). The molecule has 0 unspecified atom stereocenters. The monoisotopic (exact) mass is 462 g/mol. The molecule has 0 spiro atoms. The van der Waals surface area contributed by atoms with Crippen LogP contribution in [0.1, 0.15) is 24.2 Å². The van der Waals surface area contributed by atoms with Gasteiger partial charge < -0.3 is 24.0 Å². The minimum absolute atomic E-state index is 0.0127. The number of hydrogen-bond acceptors (Lipinski definition) is 7. The van der Waals surface area contributed by atoms with E-state index in [9.17, 15) is 4.79 Å². The maximum atomic E-state index is 13.1. The van der Waals surface area contributed by atoms with Crippen molar-refractivity contribution in [2.24, 2.45) is 0 Å². The van der Waals surface area contributed by atoms with Crippen LogP contribution < -0.4 is 19.1 Å². The summed E-state index contributed by atoms with van der Waals surface area (Å²) in [7, 11) is 1.65. The van der Waals surface area contributed by atoms with E-state index >= 15 is 0 Å². The molecule has 0 radical (unpaired) electrons. The molecule has 1 aliphatic heterocycles. The number of anilines is 1. The minimum atomic E-state index is -0.0127. The summed E-state index contributed by atoms with van der Waals surface area (Å²) in [6.07, 6.45) is 0. The Morgan fingerprint density at radius 2 is 1.59 bits per heavy atom. The lowest BCUT2D eigenvalue weighted by Crippen LogP contribution is -2.49. The average Bonchev–Trinajstić information content (AvgIpc) is 2.90. The summed E-state index contributed by atoms with van der Waals surface area (Å²) in [5.41, 5.74) is 2.26. The van der Waals surface area contributed by atoms with Gasteiger partial charge in [0.2, 0.25) is 0 Å². The standard InChI is InChI=1S/C26H30N4O4/c1-4-33-23-12-10-19(18-24(23)34-5-2)26(31)30-16-14-29(15-17-30)25-13-11-21(27-28-25)20-8-6-7-9-22(20)32-3/h6-13,18H,4-5,14-17H2,1-3H3. The van der Waals surface area contributed by atoms with E-state index in [0.29, 0.717) is 56.5 Å². The Morgan fingerprint density at radius 1 is 0.853 bits per heavy atom. The van der Waals surface area contributed by atoms with Crippen molar-refractivity contribution in [2.75, 3.05) is 51.4 Å². The van der Waals surface area contributed by atoms with E-state index in [1.165, 1.54) is 0 Å². The molecule has 0 aliphatic carbocycles. The second-order valence-corrected chi connectivity index (χ2v) is 7.78. The SMILES string of the molecule is CCOc1ccc(C(=O)N2CCN(c3ccc(-c4ccccc4OC)nn3)CC2)cc1OCC. The van der Waals surface area contributed by atoms with E-state index in [1.54, 1.807) is 25.3 Å². The molecule has 0 atom stereocenters. The Bertz CT molecular complexity index is 1110. The predicted molar refractivity (Wildman–Crippen MR) is 131 cm³/mol. The Morgan fingerprint density at radius 3 is 2.26 bits per heavy atom. The number of piperazine rings is 1. The summed E-state index contributed by atoms with van der Waals surface area (Å²) < 4.78 is 16.7. The van der Waals surface area contributed by atoms with Gasteiger partial charge in [-0.3, -0.25) is 4.79 Å². The fraction of sp³-hybridized carbons (Fsp3) is 0.346. The summed E-state index contributed by atoms with van der Waals surface area (Å²) in [6.45, 7) is 7.46. The van der Waals surface area contributed by atoms with Gasteiger partial charge in [0, 0.05) is 37.3 Å². The molecule has 0 N–H and O–H groups in total. The third-order valence-corrected chi connectivity index (χ3v) is 5.71. The number of benzene rings is 2. The summed E-state index contributed by atoms with van der Waals surface area (Å²) in [6, 6.07) is 17.0. The summed E-state index contributed by atoms with van der Waals surface area (Å²) >= 11 is 0. The molecule has 1 amide bonds. The number of amides is 1. The van der Waals surface area contributed by atoms with Gasteiger partial charge in [0.1, 0.15) is 5.75 Å². The Hall–Kier alpha value is -3.81. The van der Waals surface area contributed by atoms with Crippen LogP contribution in [0.15, 0.2) is 54.6 Å². The van der Waals surface area contributed by atoms with E-state index in [2.05, 4.69) is 15.1 Å². The van der Waals surface area contributed by atoms with Crippen molar-refractivity contribution in [1.29, 1.82) is 0 Å². The van der Waals surface area contributed by atoms with Gasteiger partial charge >= 0.3 is 0 Å². The number of methoxy groups -OCH3 is 1. The number of para-hydroxylation sites is 1. The minimum Gasteiger partial charge on any atom is -0.496 e. The normalized spacial score (nSPS) is 13.5. The highest BCUT2D eigenvalue weighted by molar-refractivity contribution is 5.95. The molecule has 2 heterocycles. The quantitative estimate of drug-likeness (QED) is 0.502. The zero-order chi connectivity index (χ0) is 23.9. The summed E-state index contributed by atoms with van der Waals surface area (Å²) in [5.74, 6) is 2.80. The van der Waals surface area contributed by atoms with E-state index in [0.717, 1.165) is 22.8 Å². The maximum Gasteiger partial charge on any atom is 0.254 e. The molecule has 0 bridgehead atoms.